The fraction of sp³-hybridized carbons (Fsp3) is 0.800. The number of hydrogen-bond donors (Lipinski definition) is 1. The smallest absolute Gasteiger partial charge is 0.0800 e. The molecule has 0 saturated heterocycles. The van der Waals surface area contributed by atoms with Crippen molar-refractivity contribution in [1.29, 1.82) is 0 Å². The van der Waals surface area contributed by atoms with Crippen molar-refractivity contribution in [2.75, 3.05) is 6.61 Å². The zero-order chi connectivity index (χ0) is 9.61. The normalized spacial score (nSPS) is 13.6. The molecule has 1 N–H and O–H groups in total. The minimum Gasteiger partial charge on any atom is -0.392 e. The Bertz CT molecular complexity index is 140. The topological polar surface area (TPSA) is 20.2 Å². The zero-order valence-electron chi connectivity index (χ0n) is 8.85. The SMILES string of the molecule is CC[Si](CC)(CC)/C(C)=C\CO. The average molecular weight is 186 g/mol. The van der Waals surface area contributed by atoms with E-state index in [2.05, 4.69) is 27.7 Å². The Labute approximate surface area is 77.5 Å². The van der Waals surface area contributed by atoms with Gasteiger partial charge in [0.1, 0.15) is 0 Å². The molecule has 0 spiro atoms. The van der Waals surface area contributed by atoms with Crippen molar-refractivity contribution < 1.29 is 5.11 Å². The van der Waals surface area contributed by atoms with Gasteiger partial charge in [-0.3, -0.25) is 0 Å². The van der Waals surface area contributed by atoms with Gasteiger partial charge >= 0.3 is 0 Å². The molecule has 0 aliphatic heterocycles. The third kappa shape index (κ3) is 2.46. The maximum atomic E-state index is 8.83. The van der Waals surface area contributed by atoms with Crippen LogP contribution >= 0.6 is 0 Å². The van der Waals surface area contributed by atoms with Crippen LogP contribution in [0.1, 0.15) is 27.7 Å². The van der Waals surface area contributed by atoms with Gasteiger partial charge < -0.3 is 5.11 Å². The molecule has 0 heterocycles. The van der Waals surface area contributed by atoms with Crippen LogP contribution in [0.4, 0.5) is 0 Å². The highest BCUT2D eigenvalue weighted by atomic mass is 28.3. The van der Waals surface area contributed by atoms with Crippen LogP contribution in [-0.4, -0.2) is 19.8 Å². The van der Waals surface area contributed by atoms with Gasteiger partial charge in [0.2, 0.25) is 0 Å². The second-order valence-corrected chi connectivity index (χ2v) is 8.88. The molecule has 2 heteroatoms. The summed E-state index contributed by atoms with van der Waals surface area (Å²) in [5, 5.41) is 10.3. The van der Waals surface area contributed by atoms with Crippen molar-refractivity contribution in [1.82, 2.24) is 0 Å². The Morgan fingerprint density at radius 1 is 1.17 bits per heavy atom. The predicted molar refractivity (Wildman–Crippen MR) is 58.0 cm³/mol. The van der Waals surface area contributed by atoms with Crippen molar-refractivity contribution in [3.8, 4) is 0 Å². The number of rotatable bonds is 5. The molecule has 0 aliphatic rings. The van der Waals surface area contributed by atoms with Gasteiger partial charge in [0.05, 0.1) is 14.7 Å². The first kappa shape index (κ1) is 11.9. The molecule has 0 aliphatic carbocycles. The van der Waals surface area contributed by atoms with Crippen LogP contribution in [0.15, 0.2) is 11.3 Å². The first-order chi connectivity index (χ1) is 5.66. The van der Waals surface area contributed by atoms with Gasteiger partial charge in [-0.1, -0.05) is 50.2 Å². The molecule has 0 atom stereocenters. The first-order valence-electron chi connectivity index (χ1n) is 4.95. The molecular formula is C10H22OSi. The number of aliphatic hydroxyl groups is 1. The molecule has 0 radical (unpaired) electrons. The molecule has 0 aromatic carbocycles. The third-order valence-corrected chi connectivity index (χ3v) is 9.20. The van der Waals surface area contributed by atoms with E-state index in [0.717, 1.165) is 0 Å². The van der Waals surface area contributed by atoms with E-state index in [1.165, 1.54) is 23.3 Å². The maximum Gasteiger partial charge on any atom is 0.0800 e. The Hall–Kier alpha value is -0.0831. The monoisotopic (exact) mass is 186 g/mol. The van der Waals surface area contributed by atoms with E-state index in [0.29, 0.717) is 0 Å². The Morgan fingerprint density at radius 2 is 1.58 bits per heavy atom. The van der Waals surface area contributed by atoms with Crippen LogP contribution in [0.5, 0.6) is 0 Å². The number of hydrogen-bond acceptors (Lipinski definition) is 1. The highest BCUT2D eigenvalue weighted by molar-refractivity contribution is 6.86. The number of allylic oxidation sites excluding steroid dienone is 1. The summed E-state index contributed by atoms with van der Waals surface area (Å²) in [5.74, 6) is 0. The van der Waals surface area contributed by atoms with E-state index in [9.17, 15) is 0 Å². The summed E-state index contributed by atoms with van der Waals surface area (Å²) in [6.45, 7) is 9.26. The van der Waals surface area contributed by atoms with Gasteiger partial charge in [0, 0.05) is 0 Å². The molecule has 12 heavy (non-hydrogen) atoms. The second-order valence-electron chi connectivity index (χ2n) is 3.41. The van der Waals surface area contributed by atoms with E-state index in [1.807, 2.05) is 6.08 Å². The summed E-state index contributed by atoms with van der Waals surface area (Å²) in [6, 6.07) is 3.92. The standard InChI is InChI=1S/C10H22OSi/c1-5-12(6-2,7-3)10(4)8-9-11/h8,11H,5-7,9H2,1-4H3/b10-8-. The van der Waals surface area contributed by atoms with Crippen LogP contribution < -0.4 is 0 Å². The van der Waals surface area contributed by atoms with Gasteiger partial charge in [0.15, 0.2) is 0 Å². The third-order valence-electron chi connectivity index (χ3n) is 3.26. The lowest BCUT2D eigenvalue weighted by Gasteiger charge is -2.29. The first-order valence-corrected chi connectivity index (χ1v) is 7.57. The average Bonchev–Trinajstić information content (AvgIpc) is 2.09. The quantitative estimate of drug-likeness (QED) is 0.655. The highest BCUT2D eigenvalue weighted by Gasteiger charge is 2.27. The molecule has 1 nitrogen and oxygen atoms in total. The molecule has 0 aromatic rings. The second kappa shape index (κ2) is 5.54. The van der Waals surface area contributed by atoms with E-state index in [-0.39, 0.29) is 6.61 Å². The van der Waals surface area contributed by atoms with Crippen molar-refractivity contribution in [2.45, 2.75) is 45.8 Å². The molecule has 0 rings (SSSR count). The fourth-order valence-corrected chi connectivity index (χ4v) is 5.64. The lowest BCUT2D eigenvalue weighted by atomic mass is 10.5. The molecule has 0 aromatic heterocycles. The minimum atomic E-state index is -1.14. The van der Waals surface area contributed by atoms with Crippen molar-refractivity contribution >= 4 is 8.07 Å². The lowest BCUT2D eigenvalue weighted by molar-refractivity contribution is 0.342. The Morgan fingerprint density at radius 3 is 1.83 bits per heavy atom. The molecule has 0 unspecified atom stereocenters. The molecular weight excluding hydrogens is 164 g/mol. The van der Waals surface area contributed by atoms with Gasteiger partial charge in [-0.2, -0.15) is 0 Å². The Kier molecular flexibility index (Phi) is 5.50. The van der Waals surface area contributed by atoms with Crippen molar-refractivity contribution in [3.05, 3.63) is 11.3 Å². The van der Waals surface area contributed by atoms with E-state index < -0.39 is 8.07 Å². The molecule has 0 bridgehead atoms. The fourth-order valence-electron chi connectivity index (χ4n) is 1.94. The molecule has 0 saturated carbocycles. The zero-order valence-corrected chi connectivity index (χ0v) is 9.85. The van der Waals surface area contributed by atoms with Crippen LogP contribution in [0.2, 0.25) is 18.1 Å². The van der Waals surface area contributed by atoms with Crippen LogP contribution in [0, 0.1) is 0 Å². The van der Waals surface area contributed by atoms with E-state index in [4.69, 9.17) is 5.11 Å². The van der Waals surface area contributed by atoms with Gasteiger partial charge in [-0.05, 0) is 6.92 Å². The minimum absolute atomic E-state index is 0.209. The molecule has 0 amide bonds. The summed E-state index contributed by atoms with van der Waals surface area (Å²) in [7, 11) is -1.14. The predicted octanol–water partition coefficient (Wildman–Crippen LogP) is 2.97. The Balaban J connectivity index is 4.58. The highest BCUT2D eigenvalue weighted by Crippen LogP contribution is 2.27. The summed E-state index contributed by atoms with van der Waals surface area (Å²) in [4.78, 5) is 0. The van der Waals surface area contributed by atoms with Crippen LogP contribution in [-0.2, 0) is 0 Å². The molecule has 72 valence electrons. The summed E-state index contributed by atoms with van der Waals surface area (Å²) < 4.78 is 0. The summed E-state index contributed by atoms with van der Waals surface area (Å²) in [5.41, 5.74) is 0. The van der Waals surface area contributed by atoms with Crippen LogP contribution in [0.3, 0.4) is 0 Å². The maximum absolute atomic E-state index is 8.83. The van der Waals surface area contributed by atoms with E-state index >= 15 is 0 Å². The van der Waals surface area contributed by atoms with Crippen molar-refractivity contribution in [3.63, 3.8) is 0 Å². The number of aliphatic hydroxyl groups excluding tert-OH is 1. The largest absolute Gasteiger partial charge is 0.392 e. The summed E-state index contributed by atoms with van der Waals surface area (Å²) in [6.07, 6.45) is 2.00. The van der Waals surface area contributed by atoms with Crippen molar-refractivity contribution in [2.24, 2.45) is 0 Å². The van der Waals surface area contributed by atoms with Crippen LogP contribution in [0.25, 0.3) is 0 Å². The lowest BCUT2D eigenvalue weighted by Crippen LogP contribution is -2.33. The van der Waals surface area contributed by atoms with E-state index in [1.54, 1.807) is 0 Å². The van der Waals surface area contributed by atoms with Gasteiger partial charge in [-0.15, -0.1) is 0 Å². The van der Waals surface area contributed by atoms with Gasteiger partial charge in [-0.25, -0.2) is 0 Å². The summed E-state index contributed by atoms with van der Waals surface area (Å²) >= 11 is 0. The molecule has 0 fully saturated rings. The van der Waals surface area contributed by atoms with Gasteiger partial charge in [0.25, 0.3) is 0 Å².